The topological polar surface area (TPSA) is 96.0 Å². The number of methoxy groups -OCH3 is 1. The van der Waals surface area contributed by atoms with Crippen molar-refractivity contribution in [3.63, 3.8) is 0 Å². The molecule has 0 bridgehead atoms. The quantitative estimate of drug-likeness (QED) is 0.258. The number of hydrogen-bond acceptors (Lipinski definition) is 5. The summed E-state index contributed by atoms with van der Waals surface area (Å²) in [7, 11) is -2.85. The Hall–Kier alpha value is -3.08. The van der Waals surface area contributed by atoms with E-state index in [2.05, 4.69) is 21.2 Å². The second-order valence-corrected chi connectivity index (χ2v) is 13.0. The van der Waals surface area contributed by atoms with E-state index in [1.165, 1.54) is 30.2 Å². The van der Waals surface area contributed by atoms with Crippen LogP contribution < -0.4 is 14.4 Å². The molecule has 2 amide bonds. The van der Waals surface area contributed by atoms with Gasteiger partial charge in [-0.1, -0.05) is 64.3 Å². The molecule has 0 radical (unpaired) electrons. The first-order chi connectivity index (χ1) is 19.4. The highest BCUT2D eigenvalue weighted by molar-refractivity contribution is 9.10. The average molecular weight is 665 g/mol. The third-order valence-corrected chi connectivity index (χ3v) is 9.27. The third-order valence-electron chi connectivity index (χ3n) is 6.73. The SMILES string of the molecule is CC[C@H](C)NC(=O)[C@H](C)N(Cc1ccc(Br)cc1)C(=O)CN(c1cc(Cl)ccc1OC)S(=O)(=O)c1ccc(C)cc1. The van der Waals surface area contributed by atoms with E-state index < -0.39 is 28.5 Å². The molecule has 0 aliphatic carbocycles. The fraction of sp³-hybridized carbons (Fsp3) is 0.333. The molecule has 0 spiro atoms. The number of nitrogens with one attached hydrogen (secondary N) is 1. The van der Waals surface area contributed by atoms with E-state index in [4.69, 9.17) is 16.3 Å². The molecule has 0 saturated heterocycles. The second-order valence-electron chi connectivity index (χ2n) is 9.78. The molecule has 3 rings (SSSR count). The maximum Gasteiger partial charge on any atom is 0.264 e. The van der Waals surface area contributed by atoms with Gasteiger partial charge < -0.3 is 15.0 Å². The summed E-state index contributed by atoms with van der Waals surface area (Å²) in [6, 6.07) is 17.3. The van der Waals surface area contributed by atoms with Crippen LogP contribution in [0.3, 0.4) is 0 Å². The molecule has 0 aliphatic heterocycles. The number of hydrogen-bond donors (Lipinski definition) is 1. The van der Waals surface area contributed by atoms with Gasteiger partial charge in [-0.15, -0.1) is 0 Å². The zero-order valence-electron chi connectivity index (χ0n) is 23.7. The summed E-state index contributed by atoms with van der Waals surface area (Å²) >= 11 is 9.69. The molecular formula is C30H35BrClN3O5S. The van der Waals surface area contributed by atoms with Crippen LogP contribution in [0.25, 0.3) is 0 Å². The third kappa shape index (κ3) is 8.24. The minimum Gasteiger partial charge on any atom is -0.495 e. The summed E-state index contributed by atoms with van der Waals surface area (Å²) in [6.07, 6.45) is 0.719. The summed E-state index contributed by atoms with van der Waals surface area (Å²) in [5.41, 5.74) is 1.76. The first kappa shape index (κ1) is 32.4. The van der Waals surface area contributed by atoms with Crippen molar-refractivity contribution >= 4 is 55.1 Å². The number of carbonyl (C=O) groups excluding carboxylic acids is 2. The number of rotatable bonds is 12. The van der Waals surface area contributed by atoms with Gasteiger partial charge >= 0.3 is 0 Å². The number of aryl methyl sites for hydroxylation is 1. The van der Waals surface area contributed by atoms with E-state index >= 15 is 0 Å². The van der Waals surface area contributed by atoms with Gasteiger partial charge in [0.2, 0.25) is 11.8 Å². The fourth-order valence-electron chi connectivity index (χ4n) is 4.04. The normalized spacial score (nSPS) is 12.8. The van der Waals surface area contributed by atoms with Crippen LogP contribution in [0.1, 0.15) is 38.3 Å². The monoisotopic (exact) mass is 663 g/mol. The Bertz CT molecular complexity index is 1470. The summed E-state index contributed by atoms with van der Waals surface area (Å²) in [5.74, 6) is -0.685. The van der Waals surface area contributed by atoms with Crippen molar-refractivity contribution in [2.75, 3.05) is 18.0 Å². The number of amides is 2. The van der Waals surface area contributed by atoms with Gasteiger partial charge in [-0.05, 0) is 75.2 Å². The van der Waals surface area contributed by atoms with Gasteiger partial charge in [0, 0.05) is 22.1 Å². The number of benzene rings is 3. The molecule has 3 aromatic carbocycles. The lowest BCUT2D eigenvalue weighted by Gasteiger charge is -2.33. The molecule has 0 heterocycles. The summed E-state index contributed by atoms with van der Waals surface area (Å²) in [6.45, 7) is 6.81. The molecule has 2 atom stereocenters. The standard InChI is InChI=1S/C30H35BrClN3O5S/c1-6-21(3)33-30(37)22(4)34(18-23-9-11-24(31)12-10-23)29(36)19-35(27-17-25(32)13-16-28(27)40-5)41(38,39)26-14-7-20(2)8-15-26/h7-17,21-22H,6,18-19H2,1-5H3,(H,33,37)/t21-,22-/m0/s1. The van der Waals surface area contributed by atoms with E-state index in [0.717, 1.165) is 26.3 Å². The zero-order chi connectivity index (χ0) is 30.3. The predicted molar refractivity (Wildman–Crippen MR) is 166 cm³/mol. The fourth-order valence-corrected chi connectivity index (χ4v) is 5.89. The Labute approximate surface area is 255 Å². The average Bonchev–Trinajstić information content (AvgIpc) is 2.95. The van der Waals surface area contributed by atoms with E-state index in [1.807, 2.05) is 45.0 Å². The van der Waals surface area contributed by atoms with E-state index in [9.17, 15) is 18.0 Å². The van der Waals surface area contributed by atoms with Crippen molar-refractivity contribution < 1.29 is 22.7 Å². The van der Waals surface area contributed by atoms with Gasteiger partial charge in [-0.3, -0.25) is 13.9 Å². The van der Waals surface area contributed by atoms with Gasteiger partial charge in [-0.2, -0.15) is 0 Å². The smallest absolute Gasteiger partial charge is 0.264 e. The molecule has 8 nitrogen and oxygen atoms in total. The molecule has 1 N–H and O–H groups in total. The Balaban J connectivity index is 2.09. The number of halogens is 2. The Morgan fingerprint density at radius 1 is 1.02 bits per heavy atom. The van der Waals surface area contributed by atoms with E-state index in [-0.39, 0.29) is 39.8 Å². The van der Waals surface area contributed by atoms with Crippen molar-refractivity contribution in [2.24, 2.45) is 0 Å². The highest BCUT2D eigenvalue weighted by Gasteiger charge is 2.34. The highest BCUT2D eigenvalue weighted by Crippen LogP contribution is 2.35. The van der Waals surface area contributed by atoms with Crippen LogP contribution >= 0.6 is 27.5 Å². The lowest BCUT2D eigenvalue weighted by Crippen LogP contribution is -2.52. The molecule has 11 heteroatoms. The minimum absolute atomic E-state index is 0.0000461. The largest absolute Gasteiger partial charge is 0.495 e. The minimum atomic E-state index is -4.26. The molecule has 220 valence electrons. The molecule has 0 fully saturated rings. The second kappa shape index (κ2) is 14.2. The summed E-state index contributed by atoms with van der Waals surface area (Å²) < 4.78 is 35.4. The van der Waals surface area contributed by atoms with E-state index in [0.29, 0.717) is 0 Å². The number of ether oxygens (including phenoxy) is 1. The molecule has 41 heavy (non-hydrogen) atoms. The Morgan fingerprint density at radius 2 is 1.66 bits per heavy atom. The van der Waals surface area contributed by atoms with Crippen LogP contribution in [0.5, 0.6) is 5.75 Å². The van der Waals surface area contributed by atoms with Gasteiger partial charge in [-0.25, -0.2) is 8.42 Å². The van der Waals surface area contributed by atoms with Crippen LogP contribution in [-0.4, -0.2) is 50.9 Å². The van der Waals surface area contributed by atoms with Gasteiger partial charge in [0.1, 0.15) is 18.3 Å². The summed E-state index contributed by atoms with van der Waals surface area (Å²) in [4.78, 5) is 28.6. The van der Waals surface area contributed by atoms with Gasteiger partial charge in [0.15, 0.2) is 0 Å². The first-order valence-electron chi connectivity index (χ1n) is 13.1. The van der Waals surface area contributed by atoms with Crippen LogP contribution in [0, 0.1) is 6.92 Å². The van der Waals surface area contributed by atoms with Crippen molar-refractivity contribution in [2.45, 2.75) is 57.6 Å². The van der Waals surface area contributed by atoms with Crippen molar-refractivity contribution in [3.8, 4) is 5.75 Å². The van der Waals surface area contributed by atoms with Crippen molar-refractivity contribution in [3.05, 3.63) is 87.4 Å². The predicted octanol–water partition coefficient (Wildman–Crippen LogP) is 5.95. The van der Waals surface area contributed by atoms with Crippen molar-refractivity contribution in [1.29, 1.82) is 0 Å². The van der Waals surface area contributed by atoms with Crippen LogP contribution in [0.2, 0.25) is 5.02 Å². The molecule has 0 unspecified atom stereocenters. The lowest BCUT2D eigenvalue weighted by atomic mass is 10.1. The Kier molecular flexibility index (Phi) is 11.2. The Morgan fingerprint density at radius 3 is 2.24 bits per heavy atom. The number of sulfonamides is 1. The zero-order valence-corrected chi connectivity index (χ0v) is 26.9. The molecule has 0 saturated carbocycles. The van der Waals surface area contributed by atoms with Crippen molar-refractivity contribution in [1.82, 2.24) is 10.2 Å². The molecular weight excluding hydrogens is 630 g/mol. The maximum absolute atomic E-state index is 14.1. The van der Waals surface area contributed by atoms with Crippen LogP contribution in [0.15, 0.2) is 76.1 Å². The number of carbonyl (C=O) groups is 2. The van der Waals surface area contributed by atoms with Gasteiger partial charge in [0.25, 0.3) is 10.0 Å². The molecule has 0 aromatic heterocycles. The lowest BCUT2D eigenvalue weighted by molar-refractivity contribution is -0.139. The number of nitrogens with zero attached hydrogens (tertiary/aromatic N) is 2. The highest BCUT2D eigenvalue weighted by atomic mass is 79.9. The molecule has 0 aliphatic rings. The van der Waals surface area contributed by atoms with Crippen LogP contribution in [0.4, 0.5) is 5.69 Å². The van der Waals surface area contributed by atoms with Gasteiger partial charge in [0.05, 0.1) is 17.7 Å². The first-order valence-corrected chi connectivity index (χ1v) is 15.8. The van der Waals surface area contributed by atoms with E-state index in [1.54, 1.807) is 31.2 Å². The summed E-state index contributed by atoms with van der Waals surface area (Å²) in [5, 5.41) is 3.19. The molecule has 3 aromatic rings. The number of anilines is 1. The maximum atomic E-state index is 14.1. The van der Waals surface area contributed by atoms with Crippen LogP contribution in [-0.2, 0) is 26.2 Å².